The lowest BCUT2D eigenvalue weighted by atomic mass is 9.42. The minimum Gasteiger partial charge on any atom is -0.393 e. The summed E-state index contributed by atoms with van der Waals surface area (Å²) in [5.74, 6) is -0.373. The summed E-state index contributed by atoms with van der Waals surface area (Å²) >= 11 is 0. The van der Waals surface area contributed by atoms with Crippen LogP contribution in [0.3, 0.4) is 0 Å². The van der Waals surface area contributed by atoms with Gasteiger partial charge >= 0.3 is 0 Å². The largest absolute Gasteiger partial charge is 0.393 e. The molecule has 6 heteroatoms. The third kappa shape index (κ3) is 2.02. The highest BCUT2D eigenvalue weighted by atomic mass is 16.4. The minimum atomic E-state index is -1.71. The van der Waals surface area contributed by atoms with Gasteiger partial charge < -0.3 is 30.6 Å². The second-order valence-corrected chi connectivity index (χ2v) is 10.1. The van der Waals surface area contributed by atoms with Crippen LogP contribution in [-0.2, 0) is 0 Å². The van der Waals surface area contributed by atoms with Crippen molar-refractivity contribution in [2.45, 2.75) is 101 Å². The van der Waals surface area contributed by atoms with Crippen molar-refractivity contribution in [3.05, 3.63) is 11.6 Å². The third-order valence-electron chi connectivity index (χ3n) is 9.35. The maximum Gasteiger partial charge on any atom is 0.105 e. The molecule has 4 rings (SSSR count). The Morgan fingerprint density at radius 1 is 1.07 bits per heavy atom. The van der Waals surface area contributed by atoms with E-state index < -0.39 is 39.8 Å². The molecular weight excluding hydrogens is 348 g/mol. The number of aliphatic hydroxyl groups is 6. The van der Waals surface area contributed by atoms with Crippen molar-refractivity contribution in [3.63, 3.8) is 0 Å². The highest BCUT2D eigenvalue weighted by molar-refractivity contribution is 5.36. The normalized spacial score (nSPS) is 58.7. The van der Waals surface area contributed by atoms with Gasteiger partial charge in [0.1, 0.15) is 16.8 Å². The number of rotatable bonds is 1. The molecule has 3 fully saturated rings. The van der Waals surface area contributed by atoms with Crippen LogP contribution < -0.4 is 0 Å². The predicted octanol–water partition coefficient (Wildman–Crippen LogP) is 0.623. The Balaban J connectivity index is 1.86. The van der Waals surface area contributed by atoms with Crippen LogP contribution in [0.2, 0.25) is 0 Å². The number of aliphatic hydroxyl groups excluding tert-OH is 3. The third-order valence-corrected chi connectivity index (χ3v) is 9.35. The van der Waals surface area contributed by atoms with Gasteiger partial charge in [-0.05, 0) is 57.3 Å². The zero-order valence-corrected chi connectivity index (χ0v) is 16.5. The van der Waals surface area contributed by atoms with Gasteiger partial charge in [0.2, 0.25) is 0 Å². The summed E-state index contributed by atoms with van der Waals surface area (Å²) in [6, 6.07) is 0. The van der Waals surface area contributed by atoms with Crippen molar-refractivity contribution in [2.75, 3.05) is 0 Å². The smallest absolute Gasteiger partial charge is 0.105 e. The van der Waals surface area contributed by atoms with E-state index in [1.165, 1.54) is 6.92 Å². The molecule has 0 radical (unpaired) electrons. The molecule has 4 aliphatic rings. The molecule has 0 aromatic carbocycles. The Labute approximate surface area is 160 Å². The molecule has 154 valence electrons. The standard InChI is InChI=1S/C21H34O6/c1-12(22)19(25)8-9-21(27)18(19,3)16(24)11-15-17(2)6-5-14(23)10-13(17)4-7-20(15,21)26/h4,12,14-16,22-27H,5-11H2,1-3H3/t12-,14-,15+,16+,17-,18+,19+,20-,21+/m0/s1. The lowest BCUT2D eigenvalue weighted by Crippen LogP contribution is -2.78. The van der Waals surface area contributed by atoms with E-state index in [-0.39, 0.29) is 37.7 Å². The lowest BCUT2D eigenvalue weighted by molar-refractivity contribution is -0.325. The van der Waals surface area contributed by atoms with Gasteiger partial charge in [0.15, 0.2) is 0 Å². The first-order valence-electron chi connectivity index (χ1n) is 10.3. The van der Waals surface area contributed by atoms with Crippen LogP contribution in [0.25, 0.3) is 0 Å². The minimum absolute atomic E-state index is 0.121. The van der Waals surface area contributed by atoms with Crippen molar-refractivity contribution in [1.82, 2.24) is 0 Å². The van der Waals surface area contributed by atoms with E-state index in [4.69, 9.17) is 0 Å². The Morgan fingerprint density at radius 3 is 2.37 bits per heavy atom. The molecule has 0 spiro atoms. The van der Waals surface area contributed by atoms with E-state index >= 15 is 0 Å². The van der Waals surface area contributed by atoms with E-state index in [9.17, 15) is 30.6 Å². The SMILES string of the molecule is C[C@H](O)[C@]1(O)CC[C@@]2(O)[C@]1(C)[C@H](O)C[C@@H]1[C@@]3(C)CC[C@H](O)CC3=CC[C@]12O. The Hall–Kier alpha value is -0.500. The number of hydrogen-bond acceptors (Lipinski definition) is 6. The summed E-state index contributed by atoms with van der Waals surface area (Å²) < 4.78 is 0. The molecule has 0 aromatic heterocycles. The summed E-state index contributed by atoms with van der Waals surface area (Å²) in [7, 11) is 0. The predicted molar refractivity (Wildman–Crippen MR) is 98.6 cm³/mol. The van der Waals surface area contributed by atoms with Gasteiger partial charge in [0.05, 0.1) is 23.7 Å². The van der Waals surface area contributed by atoms with Crippen molar-refractivity contribution >= 4 is 0 Å². The van der Waals surface area contributed by atoms with E-state index in [2.05, 4.69) is 6.92 Å². The van der Waals surface area contributed by atoms with E-state index in [1.54, 1.807) is 6.92 Å². The zero-order chi connectivity index (χ0) is 20.0. The van der Waals surface area contributed by atoms with E-state index in [0.29, 0.717) is 19.3 Å². The van der Waals surface area contributed by atoms with Crippen LogP contribution >= 0.6 is 0 Å². The molecule has 3 saturated carbocycles. The van der Waals surface area contributed by atoms with Gasteiger partial charge in [0, 0.05) is 5.92 Å². The van der Waals surface area contributed by atoms with Crippen LogP contribution in [0.5, 0.6) is 0 Å². The molecule has 9 atom stereocenters. The van der Waals surface area contributed by atoms with Gasteiger partial charge in [-0.2, -0.15) is 0 Å². The fourth-order valence-electron chi connectivity index (χ4n) is 7.37. The van der Waals surface area contributed by atoms with Gasteiger partial charge in [-0.3, -0.25) is 0 Å². The van der Waals surface area contributed by atoms with Gasteiger partial charge in [0.25, 0.3) is 0 Å². The summed E-state index contributed by atoms with van der Waals surface area (Å²) in [5, 5.41) is 66.6. The maximum absolute atomic E-state index is 11.9. The number of fused-ring (bicyclic) bond motifs is 5. The molecule has 0 unspecified atom stereocenters. The monoisotopic (exact) mass is 382 g/mol. The summed E-state index contributed by atoms with van der Waals surface area (Å²) in [5.41, 5.74) is -5.63. The highest BCUT2D eigenvalue weighted by Gasteiger charge is 2.80. The molecule has 4 aliphatic carbocycles. The first-order valence-corrected chi connectivity index (χ1v) is 10.3. The first kappa shape index (κ1) is 19.8. The van der Waals surface area contributed by atoms with Crippen LogP contribution in [0, 0.1) is 16.7 Å². The van der Waals surface area contributed by atoms with Gasteiger partial charge in [-0.1, -0.05) is 25.5 Å². The number of hydrogen-bond donors (Lipinski definition) is 6. The molecule has 0 heterocycles. The quantitative estimate of drug-likeness (QED) is 0.370. The van der Waals surface area contributed by atoms with Gasteiger partial charge in [-0.25, -0.2) is 0 Å². The average molecular weight is 382 g/mol. The Bertz CT molecular complexity index is 678. The molecule has 0 saturated heterocycles. The summed E-state index contributed by atoms with van der Waals surface area (Å²) in [6.07, 6.45) is 1.96. The maximum atomic E-state index is 11.9. The lowest BCUT2D eigenvalue weighted by Gasteiger charge is -2.67. The van der Waals surface area contributed by atoms with E-state index in [0.717, 1.165) is 5.57 Å². The summed E-state index contributed by atoms with van der Waals surface area (Å²) in [6.45, 7) is 5.15. The average Bonchev–Trinajstić information content (AvgIpc) is 2.83. The molecule has 0 bridgehead atoms. The molecule has 27 heavy (non-hydrogen) atoms. The Morgan fingerprint density at radius 2 is 1.74 bits per heavy atom. The van der Waals surface area contributed by atoms with Crippen molar-refractivity contribution < 1.29 is 30.6 Å². The molecule has 0 aromatic rings. The highest BCUT2D eigenvalue weighted by Crippen LogP contribution is 2.70. The van der Waals surface area contributed by atoms with Gasteiger partial charge in [-0.15, -0.1) is 0 Å². The second-order valence-electron chi connectivity index (χ2n) is 10.1. The van der Waals surface area contributed by atoms with E-state index in [1.807, 2.05) is 6.08 Å². The van der Waals surface area contributed by atoms with Crippen molar-refractivity contribution in [2.24, 2.45) is 16.7 Å². The van der Waals surface area contributed by atoms with Crippen molar-refractivity contribution in [1.29, 1.82) is 0 Å². The topological polar surface area (TPSA) is 121 Å². The molecular formula is C21H34O6. The molecule has 6 nitrogen and oxygen atoms in total. The fraction of sp³-hybridized carbons (Fsp3) is 0.905. The molecule has 0 aliphatic heterocycles. The fourth-order valence-corrected chi connectivity index (χ4v) is 7.37. The first-order chi connectivity index (χ1) is 12.4. The zero-order valence-electron chi connectivity index (χ0n) is 16.5. The van der Waals surface area contributed by atoms with Crippen LogP contribution in [0.15, 0.2) is 11.6 Å². The molecule has 0 amide bonds. The van der Waals surface area contributed by atoms with Crippen LogP contribution in [0.1, 0.15) is 65.7 Å². The Kier molecular flexibility index (Phi) is 4.07. The molecule has 6 N–H and O–H groups in total. The summed E-state index contributed by atoms with van der Waals surface area (Å²) in [4.78, 5) is 0. The van der Waals surface area contributed by atoms with Crippen LogP contribution in [0.4, 0.5) is 0 Å². The van der Waals surface area contributed by atoms with Crippen LogP contribution in [-0.4, -0.2) is 65.8 Å². The van der Waals surface area contributed by atoms with Crippen molar-refractivity contribution in [3.8, 4) is 0 Å². The second kappa shape index (κ2) is 5.55.